The topological polar surface area (TPSA) is 91.9 Å². The van der Waals surface area contributed by atoms with Crippen LogP contribution in [0.25, 0.3) is 11.0 Å². The fraction of sp³-hybridized carbons (Fsp3) is 0.556. The highest BCUT2D eigenvalue weighted by atomic mass is 16.5. The molecule has 3 aromatic heterocycles. The first-order chi connectivity index (χ1) is 13.2. The minimum Gasteiger partial charge on any atom is -0.475 e. The van der Waals surface area contributed by atoms with Gasteiger partial charge in [0.15, 0.2) is 5.65 Å². The summed E-state index contributed by atoms with van der Waals surface area (Å²) in [5.41, 5.74) is 3.66. The molecule has 27 heavy (non-hydrogen) atoms. The predicted octanol–water partition coefficient (Wildman–Crippen LogP) is 2.52. The molecule has 9 nitrogen and oxygen atoms in total. The first kappa shape index (κ1) is 16.5. The van der Waals surface area contributed by atoms with Crippen molar-refractivity contribution in [1.82, 2.24) is 29.5 Å². The van der Waals surface area contributed by atoms with E-state index >= 15 is 0 Å². The van der Waals surface area contributed by atoms with Gasteiger partial charge in [0.1, 0.15) is 5.69 Å². The van der Waals surface area contributed by atoms with E-state index in [9.17, 15) is 0 Å². The van der Waals surface area contributed by atoms with Crippen LogP contribution in [0.2, 0.25) is 0 Å². The monoisotopic (exact) mass is 369 g/mol. The Kier molecular flexibility index (Phi) is 3.96. The maximum Gasteiger partial charge on any atom is 0.257 e. The number of aryl methyl sites for hydroxylation is 2. The summed E-state index contributed by atoms with van der Waals surface area (Å²) < 4.78 is 15.5. The van der Waals surface area contributed by atoms with Crippen molar-refractivity contribution in [1.29, 1.82) is 0 Å². The number of hydrogen-bond acceptors (Lipinski definition) is 7. The van der Waals surface area contributed by atoms with Gasteiger partial charge in [0.05, 0.1) is 29.4 Å². The average molecular weight is 369 g/mol. The SMILES string of the molecule is Cc1nn2c3nc(ncc13)Nc1c(nn(C3CCOCC3)c1C)OCCC2. The average Bonchev–Trinajstić information content (AvgIpc) is 3.16. The summed E-state index contributed by atoms with van der Waals surface area (Å²) in [5.74, 6) is 1.14. The molecule has 1 saturated heterocycles. The van der Waals surface area contributed by atoms with Gasteiger partial charge in [-0.3, -0.25) is 4.68 Å². The zero-order valence-corrected chi connectivity index (χ0v) is 15.6. The van der Waals surface area contributed by atoms with Crippen LogP contribution in [0.1, 0.15) is 36.7 Å². The standard InChI is InChI=1S/C18H23N7O2/c1-11-14-10-19-18-20-15-12(2)25(13-4-8-26-9-5-13)23-17(15)27-7-3-6-24(22-11)16(14)21-18/h10,13H,3-9H2,1-2H3,(H,19,20,21). The molecule has 0 radical (unpaired) electrons. The van der Waals surface area contributed by atoms with Crippen LogP contribution < -0.4 is 10.1 Å². The first-order valence-corrected chi connectivity index (χ1v) is 9.47. The van der Waals surface area contributed by atoms with Gasteiger partial charge in [-0.05, 0) is 26.7 Å². The first-order valence-electron chi connectivity index (χ1n) is 9.47. The zero-order chi connectivity index (χ0) is 18.4. The third kappa shape index (κ3) is 2.82. The highest BCUT2D eigenvalue weighted by Crippen LogP contribution is 2.34. The third-order valence-electron chi connectivity index (χ3n) is 5.32. The molecule has 9 heteroatoms. The van der Waals surface area contributed by atoms with E-state index in [2.05, 4.69) is 27.0 Å². The molecule has 0 aliphatic carbocycles. The predicted molar refractivity (Wildman–Crippen MR) is 99.5 cm³/mol. The molecule has 5 rings (SSSR count). The van der Waals surface area contributed by atoms with Crippen LogP contribution in [0.3, 0.4) is 0 Å². The summed E-state index contributed by atoms with van der Waals surface area (Å²) >= 11 is 0. The number of ether oxygens (including phenoxy) is 2. The van der Waals surface area contributed by atoms with Crippen molar-refractivity contribution in [2.45, 2.75) is 45.7 Å². The Morgan fingerprint density at radius 1 is 1.15 bits per heavy atom. The largest absolute Gasteiger partial charge is 0.475 e. The van der Waals surface area contributed by atoms with Crippen molar-refractivity contribution in [3.05, 3.63) is 17.6 Å². The Balaban J connectivity index is 1.57. The van der Waals surface area contributed by atoms with Gasteiger partial charge in [-0.1, -0.05) is 0 Å². The lowest BCUT2D eigenvalue weighted by Crippen LogP contribution is -2.21. The summed E-state index contributed by atoms with van der Waals surface area (Å²) in [7, 11) is 0. The number of anilines is 2. The number of aromatic nitrogens is 6. The van der Waals surface area contributed by atoms with Gasteiger partial charge < -0.3 is 14.8 Å². The highest BCUT2D eigenvalue weighted by molar-refractivity contribution is 5.79. The lowest BCUT2D eigenvalue weighted by molar-refractivity contribution is 0.0652. The van der Waals surface area contributed by atoms with E-state index in [0.29, 0.717) is 24.5 Å². The molecule has 1 fully saturated rings. The van der Waals surface area contributed by atoms with Crippen molar-refractivity contribution in [3.63, 3.8) is 0 Å². The van der Waals surface area contributed by atoms with E-state index in [1.165, 1.54) is 0 Å². The maximum atomic E-state index is 6.03. The van der Waals surface area contributed by atoms with Gasteiger partial charge in [-0.15, -0.1) is 5.10 Å². The fourth-order valence-electron chi connectivity index (χ4n) is 3.84. The summed E-state index contributed by atoms with van der Waals surface area (Å²) in [4.78, 5) is 9.19. The van der Waals surface area contributed by atoms with Gasteiger partial charge in [-0.25, -0.2) is 9.67 Å². The highest BCUT2D eigenvalue weighted by Gasteiger charge is 2.25. The Morgan fingerprint density at radius 2 is 2.00 bits per heavy atom. The van der Waals surface area contributed by atoms with Crippen LogP contribution >= 0.6 is 0 Å². The molecule has 0 aromatic carbocycles. The smallest absolute Gasteiger partial charge is 0.257 e. The van der Waals surface area contributed by atoms with Crippen LogP contribution in [-0.2, 0) is 11.3 Å². The summed E-state index contributed by atoms with van der Waals surface area (Å²) in [6, 6.07) is 0.331. The Bertz CT molecular complexity index is 987. The molecule has 0 saturated carbocycles. The second-order valence-corrected chi connectivity index (χ2v) is 7.12. The van der Waals surface area contributed by atoms with E-state index in [4.69, 9.17) is 19.6 Å². The van der Waals surface area contributed by atoms with E-state index in [1.807, 2.05) is 17.8 Å². The minimum atomic E-state index is 0.331. The van der Waals surface area contributed by atoms with Crippen LogP contribution in [0.5, 0.6) is 5.88 Å². The number of hydrogen-bond donors (Lipinski definition) is 1. The molecule has 142 valence electrons. The molecule has 0 atom stereocenters. The second kappa shape index (κ2) is 6.49. The molecule has 3 aromatic rings. The Hall–Kier alpha value is -2.68. The summed E-state index contributed by atoms with van der Waals surface area (Å²) in [5, 5.41) is 13.7. The van der Waals surface area contributed by atoms with Crippen molar-refractivity contribution in [3.8, 4) is 5.88 Å². The van der Waals surface area contributed by atoms with Crippen molar-refractivity contribution in [2.75, 3.05) is 25.1 Å². The zero-order valence-electron chi connectivity index (χ0n) is 15.6. The van der Waals surface area contributed by atoms with E-state index in [1.54, 1.807) is 0 Å². The molecule has 2 bridgehead atoms. The van der Waals surface area contributed by atoms with E-state index < -0.39 is 0 Å². The van der Waals surface area contributed by atoms with Crippen LogP contribution in [0.4, 0.5) is 11.6 Å². The van der Waals surface area contributed by atoms with Gasteiger partial charge in [0, 0.05) is 32.4 Å². The lowest BCUT2D eigenvalue weighted by atomic mass is 10.1. The number of nitrogens with one attached hydrogen (secondary N) is 1. The molecule has 0 unspecified atom stereocenters. The molecule has 1 N–H and O–H groups in total. The Labute approximate surface area is 156 Å². The van der Waals surface area contributed by atoms with Crippen molar-refractivity contribution < 1.29 is 9.47 Å². The van der Waals surface area contributed by atoms with Crippen molar-refractivity contribution >= 4 is 22.7 Å². The van der Waals surface area contributed by atoms with E-state index in [-0.39, 0.29) is 0 Å². The fourth-order valence-corrected chi connectivity index (χ4v) is 3.84. The van der Waals surface area contributed by atoms with Crippen LogP contribution in [0.15, 0.2) is 6.20 Å². The second-order valence-electron chi connectivity index (χ2n) is 7.12. The quantitative estimate of drug-likeness (QED) is 0.704. The van der Waals surface area contributed by atoms with Crippen LogP contribution in [0, 0.1) is 13.8 Å². The molecular formula is C18H23N7O2. The molecule has 0 amide bonds. The number of nitrogens with zero attached hydrogens (tertiary/aromatic N) is 6. The molecule has 2 aliphatic heterocycles. The molecule has 0 spiro atoms. The summed E-state index contributed by atoms with van der Waals surface area (Å²) in [6.07, 6.45) is 4.59. The summed E-state index contributed by atoms with van der Waals surface area (Å²) in [6.45, 7) is 6.90. The Morgan fingerprint density at radius 3 is 2.85 bits per heavy atom. The van der Waals surface area contributed by atoms with Gasteiger partial charge in [0.2, 0.25) is 5.95 Å². The molecule has 5 heterocycles. The van der Waals surface area contributed by atoms with Gasteiger partial charge in [-0.2, -0.15) is 10.1 Å². The molecule has 2 aliphatic rings. The van der Waals surface area contributed by atoms with E-state index in [0.717, 1.165) is 67.1 Å². The lowest BCUT2D eigenvalue weighted by Gasteiger charge is -2.23. The number of rotatable bonds is 1. The maximum absolute atomic E-state index is 6.03. The molecular weight excluding hydrogens is 346 g/mol. The third-order valence-corrected chi connectivity index (χ3v) is 5.32. The normalized spacial score (nSPS) is 18.0. The van der Waals surface area contributed by atoms with Gasteiger partial charge >= 0.3 is 0 Å². The minimum absolute atomic E-state index is 0.331. The number of fused-ring (bicyclic) bond motifs is 2. The van der Waals surface area contributed by atoms with Crippen LogP contribution in [-0.4, -0.2) is 49.3 Å². The van der Waals surface area contributed by atoms with Crippen molar-refractivity contribution in [2.24, 2.45) is 0 Å². The van der Waals surface area contributed by atoms with Gasteiger partial charge in [0.25, 0.3) is 5.88 Å².